The summed E-state index contributed by atoms with van der Waals surface area (Å²) >= 11 is 3.56. The molecular formula is C26H25ClFN5O3S. The van der Waals surface area contributed by atoms with Crippen molar-refractivity contribution in [2.75, 3.05) is 16.7 Å². The van der Waals surface area contributed by atoms with Gasteiger partial charge in [0.05, 0.1) is 23.3 Å². The van der Waals surface area contributed by atoms with E-state index in [0.29, 0.717) is 23.1 Å². The van der Waals surface area contributed by atoms with Crippen LogP contribution in [-0.4, -0.2) is 36.9 Å². The van der Waals surface area contributed by atoms with Crippen molar-refractivity contribution in [2.24, 2.45) is 0 Å². The number of rotatable bonds is 7. The number of hydrogen-bond acceptors (Lipinski definition) is 6. The molecule has 1 unspecified atom stereocenters. The van der Waals surface area contributed by atoms with Crippen molar-refractivity contribution in [3.05, 3.63) is 65.6 Å². The van der Waals surface area contributed by atoms with Gasteiger partial charge >= 0.3 is 0 Å². The van der Waals surface area contributed by atoms with Crippen LogP contribution >= 0.6 is 11.6 Å². The lowest BCUT2D eigenvalue weighted by atomic mass is 9.96. The van der Waals surface area contributed by atoms with Gasteiger partial charge in [-0.3, -0.25) is 4.55 Å². The average molecular weight is 542 g/mol. The molecule has 0 saturated heterocycles. The molecule has 0 bridgehead atoms. The standard InChI is InChI=1S/C26H25ClFN5O3S/c1-36-25-19(14-21(28)24(32-25)33(37(34)35)23-10-6-5-9-20(23)27)16-11-12-22-17(13-16)15-29-26(31-22)30-18-7-3-2-4-8-18/h5-6,9-15,18H,2-4,7-8H2,1H3,(H,34,35)(H,29,30,31). The minimum Gasteiger partial charge on any atom is -0.480 e. The SMILES string of the molecule is COc1nc(N(c2ccccc2Cl)S(=O)O)c(F)cc1-c1ccc2nc(NC3CCCCC3)ncc2c1. The molecule has 2 heterocycles. The monoisotopic (exact) mass is 541 g/mol. The lowest BCUT2D eigenvalue weighted by Crippen LogP contribution is -2.23. The number of aromatic nitrogens is 3. The van der Waals surface area contributed by atoms with Crippen LogP contribution in [0.25, 0.3) is 22.0 Å². The van der Waals surface area contributed by atoms with Gasteiger partial charge in [0.2, 0.25) is 11.8 Å². The number of halogens is 2. The maximum atomic E-state index is 15.4. The van der Waals surface area contributed by atoms with Crippen LogP contribution in [0, 0.1) is 5.82 Å². The molecule has 0 amide bonds. The molecule has 2 aromatic carbocycles. The molecule has 0 aliphatic heterocycles. The molecule has 37 heavy (non-hydrogen) atoms. The Hall–Kier alpha value is -3.34. The number of benzene rings is 2. The third-order valence-corrected chi connectivity index (χ3v) is 7.37. The molecule has 2 N–H and O–H groups in total. The molecule has 2 aromatic heterocycles. The van der Waals surface area contributed by atoms with E-state index in [0.717, 1.165) is 28.0 Å². The van der Waals surface area contributed by atoms with Crippen molar-refractivity contribution in [2.45, 2.75) is 38.1 Å². The van der Waals surface area contributed by atoms with Crippen LogP contribution in [0.5, 0.6) is 5.88 Å². The van der Waals surface area contributed by atoms with Gasteiger partial charge in [-0.1, -0.05) is 49.1 Å². The molecule has 4 aromatic rings. The second kappa shape index (κ2) is 11.0. The molecule has 8 nitrogen and oxygen atoms in total. The van der Waals surface area contributed by atoms with E-state index in [9.17, 15) is 8.76 Å². The minimum atomic E-state index is -2.64. The maximum Gasteiger partial charge on any atom is 0.268 e. The van der Waals surface area contributed by atoms with E-state index in [2.05, 4.69) is 20.3 Å². The number of fused-ring (bicyclic) bond motifs is 1. The predicted molar refractivity (Wildman–Crippen MR) is 144 cm³/mol. The van der Waals surface area contributed by atoms with Crippen LogP contribution in [0.4, 0.5) is 21.8 Å². The van der Waals surface area contributed by atoms with Crippen LogP contribution in [0.3, 0.4) is 0 Å². The van der Waals surface area contributed by atoms with Gasteiger partial charge in [-0.25, -0.2) is 22.9 Å². The van der Waals surface area contributed by atoms with Gasteiger partial charge in [0.25, 0.3) is 11.3 Å². The Morgan fingerprint density at radius 2 is 1.92 bits per heavy atom. The second-order valence-electron chi connectivity index (χ2n) is 8.77. The fourth-order valence-electron chi connectivity index (χ4n) is 4.56. The van der Waals surface area contributed by atoms with Gasteiger partial charge in [0, 0.05) is 23.2 Å². The number of ether oxygens (including phenoxy) is 1. The van der Waals surface area contributed by atoms with E-state index >= 15 is 4.39 Å². The number of hydrogen-bond donors (Lipinski definition) is 2. The fraction of sp³-hybridized carbons (Fsp3) is 0.269. The molecule has 11 heteroatoms. The fourth-order valence-corrected chi connectivity index (χ4v) is 5.43. The number of anilines is 3. The zero-order valence-corrected chi connectivity index (χ0v) is 21.6. The van der Waals surface area contributed by atoms with E-state index in [4.69, 9.17) is 16.3 Å². The summed E-state index contributed by atoms with van der Waals surface area (Å²) in [6, 6.07) is 13.4. The van der Waals surface area contributed by atoms with E-state index in [1.807, 2.05) is 12.1 Å². The zero-order valence-electron chi connectivity index (χ0n) is 20.0. The number of para-hydroxylation sites is 1. The largest absolute Gasteiger partial charge is 0.480 e. The molecule has 192 valence electrons. The first kappa shape index (κ1) is 25.3. The predicted octanol–water partition coefficient (Wildman–Crippen LogP) is 6.51. The Balaban J connectivity index is 1.49. The van der Waals surface area contributed by atoms with Gasteiger partial charge in [0.1, 0.15) is 0 Å². The van der Waals surface area contributed by atoms with E-state index in [1.54, 1.807) is 24.4 Å². The van der Waals surface area contributed by atoms with Gasteiger partial charge in [-0.15, -0.1) is 0 Å². The first-order valence-electron chi connectivity index (χ1n) is 11.9. The average Bonchev–Trinajstić information content (AvgIpc) is 2.90. The highest BCUT2D eigenvalue weighted by Crippen LogP contribution is 2.38. The highest BCUT2D eigenvalue weighted by Gasteiger charge is 2.25. The number of nitrogens with zero attached hydrogens (tertiary/aromatic N) is 4. The Bertz CT molecular complexity index is 1470. The lowest BCUT2D eigenvalue weighted by Gasteiger charge is -2.22. The van der Waals surface area contributed by atoms with Gasteiger partial charge < -0.3 is 10.1 Å². The van der Waals surface area contributed by atoms with Gasteiger partial charge in [-0.05, 0) is 48.7 Å². The lowest BCUT2D eigenvalue weighted by molar-refractivity contribution is 0.398. The van der Waals surface area contributed by atoms with Crippen LogP contribution in [-0.2, 0) is 11.3 Å². The summed E-state index contributed by atoms with van der Waals surface area (Å²) in [5.41, 5.74) is 1.89. The summed E-state index contributed by atoms with van der Waals surface area (Å²) in [5, 5.41) is 4.37. The highest BCUT2D eigenvalue weighted by molar-refractivity contribution is 7.81. The third kappa shape index (κ3) is 5.36. The first-order valence-corrected chi connectivity index (χ1v) is 13.3. The van der Waals surface area contributed by atoms with Crippen LogP contribution in [0.2, 0.25) is 5.02 Å². The van der Waals surface area contributed by atoms with Crippen molar-refractivity contribution in [3.8, 4) is 17.0 Å². The van der Waals surface area contributed by atoms with Crippen molar-refractivity contribution in [1.29, 1.82) is 0 Å². The quantitative estimate of drug-likeness (QED) is 0.257. The Morgan fingerprint density at radius 1 is 1.14 bits per heavy atom. The Kier molecular flexibility index (Phi) is 7.50. The van der Waals surface area contributed by atoms with Crippen LogP contribution in [0.15, 0.2) is 54.7 Å². The van der Waals surface area contributed by atoms with Crippen molar-refractivity contribution < 1.29 is 17.9 Å². The molecule has 1 saturated carbocycles. The van der Waals surface area contributed by atoms with Crippen LogP contribution < -0.4 is 14.4 Å². The summed E-state index contributed by atoms with van der Waals surface area (Å²) < 4.78 is 43.7. The summed E-state index contributed by atoms with van der Waals surface area (Å²) in [7, 11) is 1.40. The topological polar surface area (TPSA) is 100 Å². The molecule has 1 fully saturated rings. The van der Waals surface area contributed by atoms with Crippen LogP contribution in [0.1, 0.15) is 32.1 Å². The zero-order chi connectivity index (χ0) is 25.9. The van der Waals surface area contributed by atoms with E-state index in [1.165, 1.54) is 44.6 Å². The molecule has 1 aliphatic rings. The third-order valence-electron chi connectivity index (χ3n) is 6.36. The molecule has 0 radical (unpaired) electrons. The smallest absolute Gasteiger partial charge is 0.268 e. The van der Waals surface area contributed by atoms with Crippen molar-refractivity contribution in [3.63, 3.8) is 0 Å². The molecule has 0 spiro atoms. The Labute approximate surface area is 221 Å². The summed E-state index contributed by atoms with van der Waals surface area (Å²) in [6.07, 6.45) is 7.66. The number of pyridine rings is 1. The van der Waals surface area contributed by atoms with E-state index < -0.39 is 22.9 Å². The molecule has 5 rings (SSSR count). The molecular weight excluding hydrogens is 517 g/mol. The highest BCUT2D eigenvalue weighted by atomic mass is 35.5. The van der Waals surface area contributed by atoms with Crippen molar-refractivity contribution >= 4 is 51.2 Å². The number of methoxy groups -OCH3 is 1. The Morgan fingerprint density at radius 3 is 2.65 bits per heavy atom. The normalized spacial score (nSPS) is 14.9. The van der Waals surface area contributed by atoms with Gasteiger partial charge in [0.15, 0.2) is 11.6 Å². The first-order chi connectivity index (χ1) is 17.9. The van der Waals surface area contributed by atoms with E-state index in [-0.39, 0.29) is 16.6 Å². The summed E-state index contributed by atoms with van der Waals surface area (Å²) in [4.78, 5) is 13.4. The maximum absolute atomic E-state index is 15.4. The second-order valence-corrected chi connectivity index (χ2v) is 10.0. The molecule has 1 aliphatic carbocycles. The number of nitrogens with one attached hydrogen (secondary N) is 1. The summed E-state index contributed by atoms with van der Waals surface area (Å²) in [5.74, 6) is -0.535. The minimum absolute atomic E-state index is 0.0785. The van der Waals surface area contributed by atoms with Gasteiger partial charge in [-0.2, -0.15) is 4.98 Å². The van der Waals surface area contributed by atoms with Crippen molar-refractivity contribution in [1.82, 2.24) is 15.0 Å². The summed E-state index contributed by atoms with van der Waals surface area (Å²) in [6.45, 7) is 0. The molecule has 1 atom stereocenters.